The summed E-state index contributed by atoms with van der Waals surface area (Å²) in [5.41, 5.74) is 4.56. The molecule has 0 spiro atoms. The summed E-state index contributed by atoms with van der Waals surface area (Å²) >= 11 is 0. The number of rotatable bonds is 40. The summed E-state index contributed by atoms with van der Waals surface area (Å²) in [5.74, 6) is -0.805. The number of allylic oxidation sites excluding steroid dienone is 5. The molecule has 71 heavy (non-hydrogen) atoms. The molecule has 0 amide bonds. The number of carbonyl (C=O) groups is 2. The van der Waals surface area contributed by atoms with Gasteiger partial charge < -0.3 is 50.2 Å². The van der Waals surface area contributed by atoms with Gasteiger partial charge in [-0.05, 0) is 50.5 Å². The Balaban J connectivity index is 1.87. The van der Waals surface area contributed by atoms with Gasteiger partial charge in [0.25, 0.3) is 0 Å². The average Bonchev–Trinajstić information content (AvgIpc) is 3.58. The number of phosphoric acid groups is 2. The maximum Gasteiger partial charge on any atom is 0.481 e. The first-order valence-electron chi connectivity index (χ1n) is 25.2. The van der Waals surface area contributed by atoms with Crippen molar-refractivity contribution in [2.24, 2.45) is 5.92 Å². The van der Waals surface area contributed by atoms with E-state index in [9.17, 15) is 53.7 Å². The van der Waals surface area contributed by atoms with Crippen LogP contribution in [0.5, 0.6) is 0 Å². The summed E-state index contributed by atoms with van der Waals surface area (Å²) < 4.78 is 56.5. The summed E-state index contributed by atoms with van der Waals surface area (Å²) in [7, 11) is -10.9. The van der Waals surface area contributed by atoms with Gasteiger partial charge in [0.05, 0.1) is 25.4 Å². The van der Waals surface area contributed by atoms with Gasteiger partial charge in [0.2, 0.25) is 0 Å². The van der Waals surface area contributed by atoms with Crippen LogP contribution in [0.3, 0.4) is 0 Å². The smallest absolute Gasteiger partial charge is 0.462 e. The van der Waals surface area contributed by atoms with Crippen LogP contribution in [0, 0.1) is 5.92 Å². The Kier molecular flexibility index (Phi) is 32.8. The maximum atomic E-state index is 12.9. The van der Waals surface area contributed by atoms with Crippen molar-refractivity contribution in [3.63, 3.8) is 0 Å². The summed E-state index contributed by atoms with van der Waals surface area (Å²) in [4.78, 5) is 61.9. The molecular weight excluding hydrogens is 964 g/mol. The summed E-state index contributed by atoms with van der Waals surface area (Å²) in [6.07, 6.45) is 24.0. The Morgan fingerprint density at radius 2 is 1.38 bits per heavy atom. The second-order valence-corrected chi connectivity index (χ2v) is 21.2. The number of aromatic nitrogens is 2. The molecular formula is C49H83N3O17P2. The minimum absolute atomic E-state index is 0.00238. The standard InChI is InChI=1S/C49H83N3O17P2/c1-4-5-6-7-16-21-27-39(53)28-22-18-19-23-29-40(54)30-25-32-44(55)64-35-41(67-45(56)31-24-17-14-12-10-8-9-11-13-15-20-26-38(2)3)36-65-70(60,61)69-71(62,63)66-37-42-46(57)47(58)48(68-42)52-34-33-43(50)51-49(52)59/h16,18-19,21-23,28-29,33-34,38-42,46-48,53-54,57-58H,4-15,17,20,24-27,30-32,35-37H2,1-3H3,(H,60,61)(H,62,63)(H2,50,51,59)/b19-18+,21-16-,28-22+,29-23-/t39-,40-,41-,42-,46-,47-,48-/m1/s1. The fraction of sp³-hybridized carbons (Fsp3) is 0.714. The van der Waals surface area contributed by atoms with Crippen LogP contribution in [-0.2, 0) is 46.3 Å². The SMILES string of the molecule is CCCCC/C=C\C[C@@H](O)/C=C/C=C/C=C\[C@@H](O)CCCC(=O)OC[C@H](COP(=O)(O)OP(=O)(O)OC[C@H]1O[C@@H](n2ccc(N)nc2=O)[C@H](O)[C@@H]1O)OC(=O)CCCCCCCCCCCCCC(C)C. The van der Waals surface area contributed by atoms with Gasteiger partial charge in [-0.2, -0.15) is 9.29 Å². The van der Waals surface area contributed by atoms with Crippen LogP contribution in [-0.4, -0.2) is 108 Å². The Morgan fingerprint density at radius 1 is 0.775 bits per heavy atom. The van der Waals surface area contributed by atoms with Crippen molar-refractivity contribution in [1.82, 2.24) is 9.55 Å². The minimum atomic E-state index is -5.47. The molecule has 1 saturated heterocycles. The molecule has 0 aliphatic carbocycles. The number of esters is 2. The van der Waals surface area contributed by atoms with Crippen LogP contribution in [0.25, 0.3) is 0 Å². The highest BCUT2D eigenvalue weighted by Gasteiger charge is 2.46. The third-order valence-electron chi connectivity index (χ3n) is 11.3. The molecule has 2 unspecified atom stereocenters. The molecule has 2 rings (SSSR count). The third kappa shape index (κ3) is 30.4. The van der Waals surface area contributed by atoms with Gasteiger partial charge in [0.15, 0.2) is 12.3 Å². The van der Waals surface area contributed by atoms with Crippen molar-refractivity contribution in [2.45, 2.75) is 198 Å². The van der Waals surface area contributed by atoms with E-state index in [0.717, 1.165) is 68.0 Å². The zero-order valence-corrected chi connectivity index (χ0v) is 43.7. The van der Waals surface area contributed by atoms with Gasteiger partial charge in [0.1, 0.15) is 30.7 Å². The number of aliphatic hydroxyl groups is 4. The molecule has 1 aliphatic rings. The van der Waals surface area contributed by atoms with Crippen molar-refractivity contribution in [3.05, 3.63) is 71.4 Å². The number of carbonyl (C=O) groups excluding carboxylic acids is 2. The topological polar surface area (TPSA) is 306 Å². The highest BCUT2D eigenvalue weighted by atomic mass is 31.3. The quantitative estimate of drug-likeness (QED) is 0.0108. The van der Waals surface area contributed by atoms with E-state index < -0.39 is 95.9 Å². The Labute approximate surface area is 419 Å². The van der Waals surface area contributed by atoms with Crippen LogP contribution in [0.2, 0.25) is 0 Å². The lowest BCUT2D eigenvalue weighted by Gasteiger charge is -2.21. The summed E-state index contributed by atoms with van der Waals surface area (Å²) in [6.45, 7) is 4.13. The maximum absolute atomic E-state index is 12.9. The lowest BCUT2D eigenvalue weighted by molar-refractivity contribution is -0.161. The van der Waals surface area contributed by atoms with Crippen molar-refractivity contribution >= 4 is 33.4 Å². The molecule has 1 aromatic rings. The summed E-state index contributed by atoms with van der Waals surface area (Å²) in [6, 6.07) is 1.23. The second kappa shape index (κ2) is 36.5. The van der Waals surface area contributed by atoms with E-state index in [1.807, 2.05) is 6.08 Å². The average molecular weight is 1050 g/mol. The first-order chi connectivity index (χ1) is 33.8. The van der Waals surface area contributed by atoms with E-state index in [1.165, 1.54) is 57.1 Å². The molecule has 2 heterocycles. The monoisotopic (exact) mass is 1050 g/mol. The largest absolute Gasteiger partial charge is 0.481 e. The van der Waals surface area contributed by atoms with Gasteiger partial charge >= 0.3 is 33.3 Å². The molecule has 0 radical (unpaired) electrons. The Morgan fingerprint density at radius 3 is 2.01 bits per heavy atom. The molecule has 22 heteroatoms. The van der Waals surface area contributed by atoms with Crippen LogP contribution in [0.15, 0.2) is 65.7 Å². The van der Waals surface area contributed by atoms with E-state index in [0.29, 0.717) is 12.8 Å². The lowest BCUT2D eigenvalue weighted by Crippen LogP contribution is -2.36. The highest BCUT2D eigenvalue weighted by Crippen LogP contribution is 2.60. The minimum Gasteiger partial charge on any atom is -0.462 e. The first kappa shape index (κ1) is 63.8. The Hall–Kier alpha value is -3.36. The van der Waals surface area contributed by atoms with Gasteiger partial charge in [-0.15, -0.1) is 0 Å². The molecule has 1 aliphatic heterocycles. The Bertz CT molecular complexity index is 1930. The van der Waals surface area contributed by atoms with E-state index in [-0.39, 0.29) is 31.5 Å². The molecule has 0 bridgehead atoms. The zero-order chi connectivity index (χ0) is 52.5. The molecule has 1 aromatic heterocycles. The van der Waals surface area contributed by atoms with Gasteiger partial charge in [-0.3, -0.25) is 23.2 Å². The van der Waals surface area contributed by atoms with Crippen molar-refractivity contribution < 1.29 is 76.5 Å². The predicted octanol–water partition coefficient (Wildman–Crippen LogP) is 7.96. The van der Waals surface area contributed by atoms with Gasteiger partial charge in [-0.25, -0.2) is 13.9 Å². The molecule has 0 saturated carbocycles. The normalized spacial score (nSPS) is 20.5. The lowest BCUT2D eigenvalue weighted by atomic mass is 10.0. The number of unbranched alkanes of at least 4 members (excludes halogenated alkanes) is 13. The fourth-order valence-electron chi connectivity index (χ4n) is 7.28. The molecule has 9 atom stereocenters. The van der Waals surface area contributed by atoms with Crippen molar-refractivity contribution in [3.8, 4) is 0 Å². The number of nitrogen functional groups attached to an aromatic ring is 1. The number of aliphatic hydroxyl groups excluding tert-OH is 4. The number of hydrogen-bond donors (Lipinski definition) is 7. The third-order valence-corrected chi connectivity index (χ3v) is 13.9. The number of nitrogens with zero attached hydrogens (tertiary/aromatic N) is 2. The molecule has 20 nitrogen and oxygen atoms in total. The molecule has 0 aromatic carbocycles. The van der Waals surface area contributed by atoms with Crippen LogP contribution >= 0.6 is 15.6 Å². The van der Waals surface area contributed by atoms with Crippen molar-refractivity contribution in [2.75, 3.05) is 25.6 Å². The first-order valence-corrected chi connectivity index (χ1v) is 28.2. The molecule has 406 valence electrons. The van der Waals surface area contributed by atoms with E-state index in [1.54, 1.807) is 30.4 Å². The zero-order valence-electron chi connectivity index (χ0n) is 41.9. The highest BCUT2D eigenvalue weighted by molar-refractivity contribution is 7.61. The van der Waals surface area contributed by atoms with E-state index >= 15 is 0 Å². The predicted molar refractivity (Wildman–Crippen MR) is 268 cm³/mol. The number of phosphoric ester groups is 2. The number of anilines is 1. The number of nitrogens with two attached hydrogens (primary N) is 1. The van der Waals surface area contributed by atoms with Crippen LogP contribution in [0.1, 0.15) is 162 Å². The summed E-state index contributed by atoms with van der Waals surface area (Å²) in [5, 5.41) is 41.3. The van der Waals surface area contributed by atoms with E-state index in [4.69, 9.17) is 29.0 Å². The molecule has 8 N–H and O–H groups in total. The van der Waals surface area contributed by atoms with Crippen molar-refractivity contribution in [1.29, 1.82) is 0 Å². The fourth-order valence-corrected chi connectivity index (χ4v) is 9.39. The van der Waals surface area contributed by atoms with Gasteiger partial charge in [-0.1, -0.05) is 153 Å². The van der Waals surface area contributed by atoms with Crippen LogP contribution in [0.4, 0.5) is 5.82 Å². The second-order valence-electron chi connectivity index (χ2n) is 18.2. The molecule has 1 fully saturated rings. The van der Waals surface area contributed by atoms with E-state index in [2.05, 4.69) is 36.1 Å². The van der Waals surface area contributed by atoms with Crippen LogP contribution < -0.4 is 11.4 Å². The number of ether oxygens (including phenoxy) is 3. The number of hydrogen-bond acceptors (Lipinski definition) is 17. The van der Waals surface area contributed by atoms with Gasteiger partial charge in [0, 0.05) is 19.0 Å².